The van der Waals surface area contributed by atoms with Crippen LogP contribution in [0, 0.1) is 0 Å². The van der Waals surface area contributed by atoms with Crippen molar-refractivity contribution in [3.05, 3.63) is 71.3 Å². The van der Waals surface area contributed by atoms with Crippen molar-refractivity contribution in [1.29, 1.82) is 0 Å². The number of nitrogens with two attached hydrogens (primary N) is 1. The maximum absolute atomic E-state index is 6.01. The molecule has 0 bridgehead atoms. The van der Waals surface area contributed by atoms with Crippen LogP contribution in [0.25, 0.3) is 0 Å². The van der Waals surface area contributed by atoms with Crippen LogP contribution >= 0.6 is 0 Å². The van der Waals surface area contributed by atoms with Gasteiger partial charge in [0.2, 0.25) is 0 Å². The lowest BCUT2D eigenvalue weighted by Gasteiger charge is -2.44. The van der Waals surface area contributed by atoms with E-state index in [2.05, 4.69) is 73.5 Å². The normalized spacial score (nSPS) is 26.2. The predicted octanol–water partition coefficient (Wildman–Crippen LogP) is 3.15. The summed E-state index contributed by atoms with van der Waals surface area (Å²) in [4.78, 5) is 2.42. The standard InChI is InChI=1S/C18H22N2/c1-13-18(14-8-4-3-5-9-14)16-11-7-6-10-15(16)17(12-19)20(13)2/h3-11,13,17-18H,12,19H2,1-2H3. The monoisotopic (exact) mass is 266 g/mol. The lowest BCUT2D eigenvalue weighted by atomic mass is 9.77. The Morgan fingerprint density at radius 2 is 1.55 bits per heavy atom. The number of hydrogen-bond donors (Lipinski definition) is 1. The van der Waals surface area contributed by atoms with Crippen molar-refractivity contribution in [3.63, 3.8) is 0 Å². The molecule has 20 heavy (non-hydrogen) atoms. The van der Waals surface area contributed by atoms with Crippen molar-refractivity contribution >= 4 is 0 Å². The minimum Gasteiger partial charge on any atom is -0.329 e. The maximum atomic E-state index is 6.01. The van der Waals surface area contributed by atoms with Crippen molar-refractivity contribution in [2.75, 3.05) is 13.6 Å². The quantitative estimate of drug-likeness (QED) is 0.904. The zero-order chi connectivity index (χ0) is 14.1. The van der Waals surface area contributed by atoms with Crippen LogP contribution in [0.1, 0.15) is 35.6 Å². The molecule has 2 aromatic carbocycles. The summed E-state index contributed by atoms with van der Waals surface area (Å²) in [5.41, 5.74) is 10.2. The van der Waals surface area contributed by atoms with Gasteiger partial charge in [-0.2, -0.15) is 0 Å². The predicted molar refractivity (Wildman–Crippen MR) is 83.7 cm³/mol. The van der Waals surface area contributed by atoms with Gasteiger partial charge < -0.3 is 5.73 Å². The van der Waals surface area contributed by atoms with Crippen LogP contribution in [-0.2, 0) is 0 Å². The average Bonchev–Trinajstić information content (AvgIpc) is 2.50. The molecule has 1 heterocycles. The number of rotatable bonds is 2. The Bertz CT molecular complexity index is 579. The summed E-state index contributed by atoms with van der Waals surface area (Å²) in [5, 5.41) is 0. The number of nitrogens with zero attached hydrogens (tertiary/aromatic N) is 1. The third kappa shape index (κ3) is 2.05. The largest absolute Gasteiger partial charge is 0.329 e. The number of benzene rings is 2. The second kappa shape index (κ2) is 5.39. The molecule has 0 aromatic heterocycles. The van der Waals surface area contributed by atoms with E-state index in [1.165, 1.54) is 16.7 Å². The first-order valence-electron chi connectivity index (χ1n) is 7.29. The second-order valence-electron chi connectivity index (χ2n) is 5.67. The van der Waals surface area contributed by atoms with Gasteiger partial charge in [-0.25, -0.2) is 0 Å². The first-order valence-corrected chi connectivity index (χ1v) is 7.29. The molecule has 0 saturated carbocycles. The molecule has 0 radical (unpaired) electrons. The van der Waals surface area contributed by atoms with Crippen LogP contribution in [0.15, 0.2) is 54.6 Å². The molecule has 0 aliphatic carbocycles. The Morgan fingerprint density at radius 1 is 0.950 bits per heavy atom. The summed E-state index contributed by atoms with van der Waals surface area (Å²) in [6.07, 6.45) is 0. The molecule has 1 aliphatic rings. The summed E-state index contributed by atoms with van der Waals surface area (Å²) < 4.78 is 0. The number of hydrogen-bond acceptors (Lipinski definition) is 2. The summed E-state index contributed by atoms with van der Waals surface area (Å²) >= 11 is 0. The molecule has 104 valence electrons. The van der Waals surface area contributed by atoms with Crippen molar-refractivity contribution in [2.24, 2.45) is 5.73 Å². The molecule has 0 fully saturated rings. The molecule has 0 saturated heterocycles. The Labute approximate surface area is 121 Å². The SMILES string of the molecule is CC1C(c2ccccc2)c2ccccc2C(CN)N1C. The van der Waals surface area contributed by atoms with E-state index in [-0.39, 0.29) is 0 Å². The van der Waals surface area contributed by atoms with E-state index in [0.717, 1.165) is 0 Å². The molecule has 3 rings (SSSR count). The lowest BCUT2D eigenvalue weighted by Crippen LogP contribution is -2.45. The van der Waals surface area contributed by atoms with Gasteiger partial charge in [-0.3, -0.25) is 4.90 Å². The Balaban J connectivity index is 2.15. The van der Waals surface area contributed by atoms with Crippen LogP contribution < -0.4 is 5.73 Å². The number of likely N-dealkylation sites (N-methyl/N-ethyl adjacent to an activating group) is 1. The van der Waals surface area contributed by atoms with Gasteiger partial charge in [0.1, 0.15) is 0 Å². The molecule has 3 unspecified atom stereocenters. The highest BCUT2D eigenvalue weighted by atomic mass is 15.2. The molecule has 3 atom stereocenters. The van der Waals surface area contributed by atoms with E-state index in [1.807, 2.05) is 0 Å². The first-order chi connectivity index (χ1) is 9.74. The smallest absolute Gasteiger partial charge is 0.0473 e. The van der Waals surface area contributed by atoms with E-state index in [0.29, 0.717) is 24.5 Å². The minimum atomic E-state index is 0.321. The van der Waals surface area contributed by atoms with Gasteiger partial charge in [0.25, 0.3) is 0 Å². The van der Waals surface area contributed by atoms with Crippen molar-refractivity contribution in [3.8, 4) is 0 Å². The Morgan fingerprint density at radius 3 is 2.20 bits per heavy atom. The van der Waals surface area contributed by atoms with Gasteiger partial charge in [0, 0.05) is 24.5 Å². The minimum absolute atomic E-state index is 0.321. The van der Waals surface area contributed by atoms with Gasteiger partial charge in [-0.1, -0.05) is 54.6 Å². The van der Waals surface area contributed by atoms with Gasteiger partial charge in [-0.15, -0.1) is 0 Å². The fourth-order valence-electron chi connectivity index (χ4n) is 3.51. The van der Waals surface area contributed by atoms with Crippen LogP contribution in [0.5, 0.6) is 0 Å². The third-order valence-corrected chi connectivity index (χ3v) is 4.69. The summed E-state index contributed by atoms with van der Waals surface area (Å²) in [6, 6.07) is 20.3. The fraction of sp³-hybridized carbons (Fsp3) is 0.333. The Kier molecular flexibility index (Phi) is 3.60. The maximum Gasteiger partial charge on any atom is 0.0473 e. The summed E-state index contributed by atoms with van der Waals surface area (Å²) in [5.74, 6) is 0.417. The van der Waals surface area contributed by atoms with Gasteiger partial charge in [0.15, 0.2) is 0 Å². The van der Waals surface area contributed by atoms with Gasteiger partial charge >= 0.3 is 0 Å². The van der Waals surface area contributed by atoms with Crippen molar-refractivity contribution in [2.45, 2.75) is 24.9 Å². The van der Waals surface area contributed by atoms with Crippen molar-refractivity contribution in [1.82, 2.24) is 4.90 Å². The molecule has 0 amide bonds. The lowest BCUT2D eigenvalue weighted by molar-refractivity contribution is 0.156. The highest BCUT2D eigenvalue weighted by molar-refractivity contribution is 5.43. The second-order valence-corrected chi connectivity index (χ2v) is 5.67. The topological polar surface area (TPSA) is 29.3 Å². The average molecular weight is 266 g/mol. The molecular formula is C18H22N2. The molecule has 2 heteroatoms. The molecule has 1 aliphatic heterocycles. The summed E-state index contributed by atoms with van der Waals surface area (Å²) in [6.45, 7) is 2.97. The fourth-order valence-corrected chi connectivity index (χ4v) is 3.51. The zero-order valence-corrected chi connectivity index (χ0v) is 12.2. The molecule has 2 aromatic rings. The molecule has 0 spiro atoms. The number of fused-ring (bicyclic) bond motifs is 1. The summed E-state index contributed by atoms with van der Waals surface area (Å²) in [7, 11) is 2.19. The van der Waals surface area contributed by atoms with Crippen LogP contribution in [0.4, 0.5) is 0 Å². The highest BCUT2D eigenvalue weighted by Crippen LogP contribution is 2.41. The molecular weight excluding hydrogens is 244 g/mol. The first kappa shape index (κ1) is 13.3. The van der Waals surface area contributed by atoms with Crippen LogP contribution in [0.2, 0.25) is 0 Å². The van der Waals surface area contributed by atoms with E-state index in [9.17, 15) is 0 Å². The van der Waals surface area contributed by atoms with Gasteiger partial charge in [0.05, 0.1) is 0 Å². The molecule has 2 N–H and O–H groups in total. The zero-order valence-electron chi connectivity index (χ0n) is 12.2. The Hall–Kier alpha value is -1.64. The van der Waals surface area contributed by atoms with E-state index in [4.69, 9.17) is 5.73 Å². The third-order valence-electron chi connectivity index (χ3n) is 4.69. The van der Waals surface area contributed by atoms with Crippen molar-refractivity contribution < 1.29 is 0 Å². The van der Waals surface area contributed by atoms with Crippen LogP contribution in [-0.4, -0.2) is 24.5 Å². The van der Waals surface area contributed by atoms with E-state index in [1.54, 1.807) is 0 Å². The van der Waals surface area contributed by atoms with Crippen LogP contribution in [0.3, 0.4) is 0 Å². The van der Waals surface area contributed by atoms with E-state index < -0.39 is 0 Å². The van der Waals surface area contributed by atoms with E-state index >= 15 is 0 Å². The van der Waals surface area contributed by atoms with Gasteiger partial charge in [-0.05, 0) is 30.7 Å². The molecule has 2 nitrogen and oxygen atoms in total. The highest BCUT2D eigenvalue weighted by Gasteiger charge is 2.36.